The van der Waals surface area contributed by atoms with Crippen molar-refractivity contribution < 1.29 is 27.4 Å². The van der Waals surface area contributed by atoms with E-state index >= 15 is 0 Å². The van der Waals surface area contributed by atoms with Gasteiger partial charge in [0.05, 0.1) is 18.8 Å². The SMILES string of the molecule is CC1OCCC1NC(=O)Nc1cccc(COCC(F)(F)F)c1. The van der Waals surface area contributed by atoms with Gasteiger partial charge in [-0.05, 0) is 31.0 Å². The van der Waals surface area contributed by atoms with Gasteiger partial charge >= 0.3 is 12.2 Å². The van der Waals surface area contributed by atoms with Crippen LogP contribution in [-0.2, 0) is 16.1 Å². The molecule has 0 aliphatic carbocycles. The molecule has 0 saturated carbocycles. The molecule has 0 radical (unpaired) electrons. The molecule has 0 bridgehead atoms. The molecule has 1 aliphatic rings. The highest BCUT2D eigenvalue weighted by Crippen LogP contribution is 2.17. The summed E-state index contributed by atoms with van der Waals surface area (Å²) in [6, 6.07) is 6.08. The number of halogens is 3. The number of amides is 2. The number of anilines is 1. The third-order valence-electron chi connectivity index (χ3n) is 3.41. The zero-order chi connectivity index (χ0) is 16.9. The normalized spacial score (nSPS) is 21.2. The van der Waals surface area contributed by atoms with Crippen LogP contribution >= 0.6 is 0 Å². The van der Waals surface area contributed by atoms with Crippen LogP contribution in [0.5, 0.6) is 0 Å². The predicted molar refractivity (Wildman–Crippen MR) is 78.1 cm³/mol. The van der Waals surface area contributed by atoms with E-state index < -0.39 is 12.8 Å². The van der Waals surface area contributed by atoms with E-state index in [0.29, 0.717) is 17.9 Å². The lowest BCUT2D eigenvalue weighted by molar-refractivity contribution is -0.176. The fourth-order valence-electron chi connectivity index (χ4n) is 2.28. The second-order valence-electron chi connectivity index (χ2n) is 5.38. The third kappa shape index (κ3) is 6.07. The van der Waals surface area contributed by atoms with E-state index in [1.165, 1.54) is 0 Å². The largest absolute Gasteiger partial charge is 0.411 e. The molecular formula is C15H19F3N2O3. The Morgan fingerprint density at radius 1 is 1.43 bits per heavy atom. The molecule has 1 fully saturated rings. The molecule has 2 unspecified atom stereocenters. The van der Waals surface area contributed by atoms with Crippen molar-refractivity contribution in [3.8, 4) is 0 Å². The molecule has 2 rings (SSSR count). The van der Waals surface area contributed by atoms with Crippen LogP contribution in [-0.4, -0.2) is 37.6 Å². The molecule has 1 aromatic carbocycles. The van der Waals surface area contributed by atoms with E-state index in [2.05, 4.69) is 15.4 Å². The minimum atomic E-state index is -4.35. The lowest BCUT2D eigenvalue weighted by Gasteiger charge is -2.16. The van der Waals surface area contributed by atoms with Gasteiger partial charge in [0.15, 0.2) is 0 Å². The Hall–Kier alpha value is -1.80. The summed E-state index contributed by atoms with van der Waals surface area (Å²) in [5.74, 6) is 0. The molecule has 0 aromatic heterocycles. The zero-order valence-corrected chi connectivity index (χ0v) is 12.7. The van der Waals surface area contributed by atoms with Crippen molar-refractivity contribution in [1.29, 1.82) is 0 Å². The van der Waals surface area contributed by atoms with E-state index in [0.717, 1.165) is 6.42 Å². The first kappa shape index (κ1) is 17.6. The Bertz CT molecular complexity index is 537. The van der Waals surface area contributed by atoms with Gasteiger partial charge in [-0.2, -0.15) is 13.2 Å². The van der Waals surface area contributed by atoms with E-state index in [-0.39, 0.29) is 24.8 Å². The number of rotatable bonds is 5. The Labute approximate surface area is 132 Å². The summed E-state index contributed by atoms with van der Waals surface area (Å²) in [4.78, 5) is 11.9. The summed E-state index contributed by atoms with van der Waals surface area (Å²) >= 11 is 0. The van der Waals surface area contributed by atoms with Crippen molar-refractivity contribution in [3.63, 3.8) is 0 Å². The highest BCUT2D eigenvalue weighted by atomic mass is 19.4. The fourth-order valence-corrected chi connectivity index (χ4v) is 2.28. The molecule has 2 N–H and O–H groups in total. The van der Waals surface area contributed by atoms with Gasteiger partial charge in [0.25, 0.3) is 0 Å². The van der Waals surface area contributed by atoms with Crippen LogP contribution in [0.25, 0.3) is 0 Å². The summed E-state index contributed by atoms with van der Waals surface area (Å²) in [6.07, 6.45) is -3.64. The first-order chi connectivity index (χ1) is 10.8. The molecule has 8 heteroatoms. The van der Waals surface area contributed by atoms with Gasteiger partial charge in [0, 0.05) is 12.3 Å². The lowest BCUT2D eigenvalue weighted by Crippen LogP contribution is -2.41. The van der Waals surface area contributed by atoms with Crippen molar-refractivity contribution in [2.45, 2.75) is 38.3 Å². The van der Waals surface area contributed by atoms with Crippen LogP contribution in [0, 0.1) is 0 Å². The molecule has 1 heterocycles. The van der Waals surface area contributed by atoms with Gasteiger partial charge < -0.3 is 20.1 Å². The van der Waals surface area contributed by atoms with Crippen molar-refractivity contribution in [2.75, 3.05) is 18.5 Å². The minimum absolute atomic E-state index is 0.0390. The maximum absolute atomic E-state index is 12.0. The fraction of sp³-hybridized carbons (Fsp3) is 0.533. The molecule has 2 amide bonds. The van der Waals surface area contributed by atoms with Gasteiger partial charge in [-0.15, -0.1) is 0 Å². The third-order valence-corrected chi connectivity index (χ3v) is 3.41. The highest BCUT2D eigenvalue weighted by Gasteiger charge is 2.27. The van der Waals surface area contributed by atoms with Gasteiger partial charge in [-0.25, -0.2) is 4.79 Å². The molecule has 1 aromatic rings. The first-order valence-electron chi connectivity index (χ1n) is 7.26. The second kappa shape index (κ2) is 7.65. The van der Waals surface area contributed by atoms with Gasteiger partial charge in [-0.3, -0.25) is 0 Å². The first-order valence-corrected chi connectivity index (χ1v) is 7.26. The van der Waals surface area contributed by atoms with E-state index in [1.54, 1.807) is 24.3 Å². The van der Waals surface area contributed by atoms with Crippen LogP contribution in [0.4, 0.5) is 23.7 Å². The maximum atomic E-state index is 12.0. The smallest absolute Gasteiger partial charge is 0.376 e. The van der Waals surface area contributed by atoms with Crippen LogP contribution in [0.15, 0.2) is 24.3 Å². The van der Waals surface area contributed by atoms with Crippen molar-refractivity contribution >= 4 is 11.7 Å². The zero-order valence-electron chi connectivity index (χ0n) is 12.7. The number of hydrogen-bond acceptors (Lipinski definition) is 3. The Morgan fingerprint density at radius 2 is 2.22 bits per heavy atom. The number of hydrogen-bond donors (Lipinski definition) is 2. The number of carbonyl (C=O) groups excluding carboxylic acids is 1. The van der Waals surface area contributed by atoms with Crippen LogP contribution < -0.4 is 10.6 Å². The van der Waals surface area contributed by atoms with Crippen molar-refractivity contribution in [2.24, 2.45) is 0 Å². The number of urea groups is 1. The molecule has 2 atom stereocenters. The average molecular weight is 332 g/mol. The summed E-state index contributed by atoms with van der Waals surface area (Å²) in [5.41, 5.74) is 1.03. The Morgan fingerprint density at radius 3 is 2.87 bits per heavy atom. The molecule has 23 heavy (non-hydrogen) atoms. The number of benzene rings is 1. The summed E-state index contributed by atoms with van der Waals surface area (Å²) < 4.78 is 46.1. The summed E-state index contributed by atoms with van der Waals surface area (Å²) in [7, 11) is 0. The van der Waals surface area contributed by atoms with Crippen molar-refractivity contribution in [1.82, 2.24) is 5.32 Å². The van der Waals surface area contributed by atoms with Gasteiger partial charge in [0.1, 0.15) is 6.61 Å². The maximum Gasteiger partial charge on any atom is 0.411 e. The van der Waals surface area contributed by atoms with Gasteiger partial charge in [0.2, 0.25) is 0 Å². The lowest BCUT2D eigenvalue weighted by atomic mass is 10.1. The topological polar surface area (TPSA) is 59.6 Å². The Balaban J connectivity index is 1.83. The average Bonchev–Trinajstić information content (AvgIpc) is 2.83. The highest BCUT2D eigenvalue weighted by molar-refractivity contribution is 5.89. The predicted octanol–water partition coefficient (Wildman–Crippen LogP) is 3.06. The van der Waals surface area contributed by atoms with Gasteiger partial charge in [-0.1, -0.05) is 12.1 Å². The monoisotopic (exact) mass is 332 g/mol. The quantitative estimate of drug-likeness (QED) is 0.871. The second-order valence-corrected chi connectivity index (χ2v) is 5.38. The van der Waals surface area contributed by atoms with E-state index in [9.17, 15) is 18.0 Å². The van der Waals surface area contributed by atoms with Crippen LogP contribution in [0.1, 0.15) is 18.9 Å². The molecular weight excluding hydrogens is 313 g/mol. The molecule has 5 nitrogen and oxygen atoms in total. The summed E-state index contributed by atoms with van der Waals surface area (Å²) in [5, 5.41) is 5.46. The number of ether oxygens (including phenoxy) is 2. The Kier molecular flexibility index (Phi) is 5.84. The molecule has 1 saturated heterocycles. The number of nitrogens with one attached hydrogen (secondary N) is 2. The van der Waals surface area contributed by atoms with E-state index in [1.807, 2.05) is 6.92 Å². The molecule has 128 valence electrons. The number of alkyl halides is 3. The minimum Gasteiger partial charge on any atom is -0.376 e. The molecule has 0 spiro atoms. The standard InChI is InChI=1S/C15H19F3N2O3/c1-10-13(5-6-23-10)20-14(21)19-12-4-2-3-11(7-12)8-22-9-15(16,17)18/h2-4,7,10,13H,5-6,8-9H2,1H3,(H2,19,20,21). The van der Waals surface area contributed by atoms with Crippen LogP contribution in [0.3, 0.4) is 0 Å². The number of carbonyl (C=O) groups is 1. The molecule has 1 aliphatic heterocycles. The van der Waals surface area contributed by atoms with E-state index in [4.69, 9.17) is 4.74 Å². The summed E-state index contributed by atoms with van der Waals surface area (Å²) in [6.45, 7) is 1.02. The van der Waals surface area contributed by atoms with Crippen molar-refractivity contribution in [3.05, 3.63) is 29.8 Å². The van der Waals surface area contributed by atoms with Crippen LogP contribution in [0.2, 0.25) is 0 Å².